The van der Waals surface area contributed by atoms with Gasteiger partial charge in [-0.3, -0.25) is 4.79 Å². The van der Waals surface area contributed by atoms with Gasteiger partial charge in [0.15, 0.2) is 0 Å². The fraction of sp³-hybridized carbons (Fsp3) is 0.471. The van der Waals surface area contributed by atoms with Crippen LogP contribution in [0.15, 0.2) is 33.9 Å². The van der Waals surface area contributed by atoms with Crippen molar-refractivity contribution in [2.24, 2.45) is 0 Å². The maximum absolute atomic E-state index is 12.4. The van der Waals surface area contributed by atoms with E-state index < -0.39 is 26.7 Å². The zero-order valence-electron chi connectivity index (χ0n) is 14.1. The molecular weight excluding hydrogens is 342 g/mol. The van der Waals surface area contributed by atoms with E-state index in [-0.39, 0.29) is 5.89 Å². The van der Waals surface area contributed by atoms with Crippen LogP contribution in [-0.4, -0.2) is 48.3 Å². The lowest BCUT2D eigenvalue weighted by Gasteiger charge is -2.19. The van der Waals surface area contributed by atoms with E-state index in [9.17, 15) is 13.2 Å². The predicted molar refractivity (Wildman–Crippen MR) is 91.6 cm³/mol. The summed E-state index contributed by atoms with van der Waals surface area (Å²) in [5, 5.41) is 6.94. The molecule has 0 atom stereocenters. The average Bonchev–Trinajstić information content (AvgIpc) is 2.92. The lowest BCUT2D eigenvalue weighted by atomic mass is 10.1. The first-order valence-corrected chi connectivity index (χ1v) is 10.0. The minimum Gasteiger partial charge on any atom is -0.408 e. The average molecular weight is 363 g/mol. The molecule has 0 radical (unpaired) electrons. The SMILES string of the molecule is Cc1cccc(-c2nnc(S(=O)(=O)CC(=O)N3CCCCCC3)o2)c1. The number of likely N-dealkylation sites (tertiary alicyclic amines) is 1. The maximum atomic E-state index is 12.4. The largest absolute Gasteiger partial charge is 0.408 e. The Morgan fingerprint density at radius 2 is 1.88 bits per heavy atom. The lowest BCUT2D eigenvalue weighted by molar-refractivity contribution is -0.128. The molecule has 1 aromatic heterocycles. The van der Waals surface area contributed by atoms with Gasteiger partial charge in [0.05, 0.1) is 0 Å². The van der Waals surface area contributed by atoms with Crippen molar-refractivity contribution in [2.45, 2.75) is 37.8 Å². The topological polar surface area (TPSA) is 93.4 Å². The second-order valence-corrected chi connectivity index (χ2v) is 8.16. The molecule has 1 fully saturated rings. The maximum Gasteiger partial charge on any atom is 0.336 e. The van der Waals surface area contributed by atoms with E-state index in [0.717, 1.165) is 31.2 Å². The Morgan fingerprint density at radius 1 is 1.16 bits per heavy atom. The number of nitrogens with zero attached hydrogens (tertiary/aromatic N) is 3. The molecule has 0 bridgehead atoms. The molecule has 25 heavy (non-hydrogen) atoms. The molecule has 8 heteroatoms. The van der Waals surface area contributed by atoms with Gasteiger partial charge in [-0.2, -0.15) is 0 Å². The highest BCUT2D eigenvalue weighted by Crippen LogP contribution is 2.21. The highest BCUT2D eigenvalue weighted by Gasteiger charge is 2.29. The van der Waals surface area contributed by atoms with Gasteiger partial charge in [0.1, 0.15) is 5.75 Å². The molecular formula is C17H21N3O4S. The quantitative estimate of drug-likeness (QED) is 0.827. The van der Waals surface area contributed by atoms with Crippen LogP contribution in [-0.2, 0) is 14.6 Å². The molecule has 134 valence electrons. The predicted octanol–water partition coefficient (Wildman–Crippen LogP) is 2.22. The van der Waals surface area contributed by atoms with Crippen molar-refractivity contribution in [2.75, 3.05) is 18.8 Å². The summed E-state index contributed by atoms with van der Waals surface area (Å²) in [6, 6.07) is 7.33. The van der Waals surface area contributed by atoms with E-state index in [1.165, 1.54) is 0 Å². The summed E-state index contributed by atoms with van der Waals surface area (Å²) in [6.07, 6.45) is 3.95. The number of hydrogen-bond donors (Lipinski definition) is 0. The van der Waals surface area contributed by atoms with Gasteiger partial charge in [0.25, 0.3) is 0 Å². The van der Waals surface area contributed by atoms with Crippen LogP contribution in [0.4, 0.5) is 0 Å². The summed E-state index contributed by atoms with van der Waals surface area (Å²) < 4.78 is 30.2. The van der Waals surface area contributed by atoms with Crippen molar-refractivity contribution in [3.8, 4) is 11.5 Å². The minimum atomic E-state index is -3.95. The van der Waals surface area contributed by atoms with Gasteiger partial charge >= 0.3 is 5.22 Å². The van der Waals surface area contributed by atoms with Crippen molar-refractivity contribution < 1.29 is 17.6 Å². The Bertz CT molecular complexity index is 852. The zero-order valence-corrected chi connectivity index (χ0v) is 15.0. The molecule has 1 aliphatic heterocycles. The Hall–Kier alpha value is -2.22. The fourth-order valence-corrected chi connectivity index (χ4v) is 3.87. The van der Waals surface area contributed by atoms with E-state index in [4.69, 9.17) is 4.42 Å². The first kappa shape index (κ1) is 17.6. The third kappa shape index (κ3) is 4.25. The third-order valence-corrected chi connectivity index (χ3v) is 5.53. The van der Waals surface area contributed by atoms with Crippen molar-refractivity contribution in [1.29, 1.82) is 0 Å². The number of benzene rings is 1. The van der Waals surface area contributed by atoms with Crippen molar-refractivity contribution in [1.82, 2.24) is 15.1 Å². The summed E-state index contributed by atoms with van der Waals surface area (Å²) in [6.45, 7) is 3.12. The van der Waals surface area contributed by atoms with Crippen LogP contribution in [0.25, 0.3) is 11.5 Å². The molecule has 0 unspecified atom stereocenters. The molecule has 0 N–H and O–H groups in total. The third-order valence-electron chi connectivity index (χ3n) is 4.21. The molecule has 1 aliphatic rings. The van der Waals surface area contributed by atoms with E-state index in [1.54, 1.807) is 11.0 Å². The normalized spacial score (nSPS) is 15.8. The van der Waals surface area contributed by atoms with Gasteiger partial charge in [0.2, 0.25) is 21.6 Å². The Kier molecular flexibility index (Phi) is 5.17. The van der Waals surface area contributed by atoms with Crippen molar-refractivity contribution >= 4 is 15.7 Å². The van der Waals surface area contributed by atoms with Crippen LogP contribution in [0, 0.1) is 6.92 Å². The van der Waals surface area contributed by atoms with Crippen molar-refractivity contribution in [3.63, 3.8) is 0 Å². The van der Waals surface area contributed by atoms with Gasteiger partial charge < -0.3 is 9.32 Å². The number of amides is 1. The smallest absolute Gasteiger partial charge is 0.336 e. The minimum absolute atomic E-state index is 0.129. The van der Waals surface area contributed by atoms with E-state index in [2.05, 4.69) is 10.2 Å². The summed E-state index contributed by atoms with van der Waals surface area (Å²) in [5.41, 5.74) is 1.64. The molecule has 2 aromatic rings. The van der Waals surface area contributed by atoms with Crippen LogP contribution in [0.2, 0.25) is 0 Å². The Morgan fingerprint density at radius 3 is 2.56 bits per heavy atom. The monoisotopic (exact) mass is 363 g/mol. The number of aromatic nitrogens is 2. The molecule has 2 heterocycles. The number of aryl methyl sites for hydroxylation is 1. The number of hydrogen-bond acceptors (Lipinski definition) is 6. The van der Waals surface area contributed by atoms with E-state index in [0.29, 0.717) is 18.7 Å². The number of sulfone groups is 1. The molecule has 0 spiro atoms. The van der Waals surface area contributed by atoms with Gasteiger partial charge in [-0.1, -0.05) is 35.6 Å². The molecule has 0 saturated carbocycles. The molecule has 1 saturated heterocycles. The molecule has 1 amide bonds. The molecule has 1 aromatic carbocycles. The summed E-state index contributed by atoms with van der Waals surface area (Å²) in [5.74, 6) is -0.913. The first-order valence-electron chi connectivity index (χ1n) is 8.37. The Balaban J connectivity index is 1.75. The summed E-state index contributed by atoms with van der Waals surface area (Å²) in [4.78, 5) is 13.9. The molecule has 0 aliphatic carbocycles. The summed E-state index contributed by atoms with van der Waals surface area (Å²) >= 11 is 0. The second kappa shape index (κ2) is 7.35. The van der Waals surface area contributed by atoms with Crippen LogP contribution in [0.3, 0.4) is 0 Å². The highest BCUT2D eigenvalue weighted by molar-refractivity contribution is 7.91. The standard InChI is InChI=1S/C17H21N3O4S/c1-13-7-6-8-14(11-13)16-18-19-17(24-16)25(22,23)12-15(21)20-9-4-2-3-5-10-20/h6-8,11H,2-5,9-10,12H2,1H3. The van der Waals surface area contributed by atoms with Gasteiger partial charge in [-0.05, 0) is 31.9 Å². The van der Waals surface area contributed by atoms with Gasteiger partial charge in [-0.15, -0.1) is 5.10 Å². The number of carbonyl (C=O) groups excluding carboxylic acids is 1. The van der Waals surface area contributed by atoms with Crippen LogP contribution >= 0.6 is 0 Å². The van der Waals surface area contributed by atoms with Crippen molar-refractivity contribution in [3.05, 3.63) is 29.8 Å². The lowest BCUT2D eigenvalue weighted by Crippen LogP contribution is -2.36. The van der Waals surface area contributed by atoms with Gasteiger partial charge in [-0.25, -0.2) is 8.42 Å². The van der Waals surface area contributed by atoms with Gasteiger partial charge in [0, 0.05) is 18.7 Å². The van der Waals surface area contributed by atoms with Crippen LogP contribution in [0.5, 0.6) is 0 Å². The molecule has 3 rings (SSSR count). The number of carbonyl (C=O) groups is 1. The Labute approximate surface area is 147 Å². The summed E-state index contributed by atoms with van der Waals surface area (Å²) in [7, 11) is -3.95. The van der Waals surface area contributed by atoms with E-state index in [1.807, 2.05) is 25.1 Å². The zero-order chi connectivity index (χ0) is 17.9. The fourth-order valence-electron chi connectivity index (χ4n) is 2.87. The number of rotatable bonds is 4. The first-order chi connectivity index (χ1) is 12.0. The highest BCUT2D eigenvalue weighted by atomic mass is 32.2. The van der Waals surface area contributed by atoms with E-state index >= 15 is 0 Å². The second-order valence-electron chi connectivity index (χ2n) is 6.30. The van der Waals surface area contributed by atoms with Crippen LogP contribution in [0.1, 0.15) is 31.2 Å². The molecule has 7 nitrogen and oxygen atoms in total. The van der Waals surface area contributed by atoms with Crippen LogP contribution < -0.4 is 0 Å².